The van der Waals surface area contributed by atoms with E-state index < -0.39 is 0 Å². The monoisotopic (exact) mass is 563 g/mol. The first-order valence-electron chi connectivity index (χ1n) is 14.2. The van der Waals surface area contributed by atoms with Crippen LogP contribution in [0.2, 0.25) is 0 Å². The van der Waals surface area contributed by atoms with Gasteiger partial charge in [0.2, 0.25) is 17.8 Å². The van der Waals surface area contributed by atoms with Crippen LogP contribution in [0.4, 0.5) is 23.5 Å². The Balaban J connectivity index is 1.22. The van der Waals surface area contributed by atoms with E-state index in [-0.39, 0.29) is 5.91 Å². The summed E-state index contributed by atoms with van der Waals surface area (Å²) in [7, 11) is 3.70. The van der Waals surface area contributed by atoms with Crippen molar-refractivity contribution in [1.29, 1.82) is 0 Å². The molecule has 41 heavy (non-hydrogen) atoms. The summed E-state index contributed by atoms with van der Waals surface area (Å²) in [5, 5.41) is 9.39. The summed E-state index contributed by atoms with van der Waals surface area (Å²) in [6.07, 6.45) is 6.01. The second-order valence-electron chi connectivity index (χ2n) is 9.82. The van der Waals surface area contributed by atoms with Gasteiger partial charge in [-0.2, -0.15) is 15.0 Å². The number of carbonyl (C=O) groups excluding carboxylic acids is 1. The number of carbonyl (C=O) groups is 1. The van der Waals surface area contributed by atoms with Gasteiger partial charge in [0.15, 0.2) is 0 Å². The zero-order valence-corrected chi connectivity index (χ0v) is 24.0. The van der Waals surface area contributed by atoms with Gasteiger partial charge >= 0.3 is 0 Å². The fraction of sp³-hybridized carbons (Fsp3) is 0.467. The number of benzene rings is 2. The van der Waals surface area contributed by atoms with E-state index in [1.165, 1.54) is 19.3 Å². The lowest BCUT2D eigenvalue weighted by Crippen LogP contribution is -2.35. The molecule has 4 rings (SSSR count). The van der Waals surface area contributed by atoms with Crippen LogP contribution in [0.3, 0.4) is 0 Å². The molecule has 0 unspecified atom stereocenters. The number of anilines is 4. The van der Waals surface area contributed by atoms with E-state index in [2.05, 4.69) is 32.9 Å². The van der Waals surface area contributed by atoms with Gasteiger partial charge in [-0.3, -0.25) is 4.79 Å². The lowest BCUT2D eigenvalue weighted by Gasteiger charge is -2.31. The highest BCUT2D eigenvalue weighted by Gasteiger charge is 2.21. The minimum absolute atomic E-state index is 0.107. The maximum Gasteiger partial charge on any atom is 0.251 e. The maximum absolute atomic E-state index is 12.0. The van der Waals surface area contributed by atoms with Crippen molar-refractivity contribution in [2.75, 3.05) is 69.2 Å². The Morgan fingerprint density at radius 2 is 1.61 bits per heavy atom. The van der Waals surface area contributed by atoms with Crippen molar-refractivity contribution in [3.8, 4) is 5.75 Å². The molecule has 0 spiro atoms. The summed E-state index contributed by atoms with van der Waals surface area (Å²) in [5.41, 5.74) is 1.47. The molecule has 220 valence electrons. The second kappa shape index (κ2) is 16.3. The van der Waals surface area contributed by atoms with Crippen LogP contribution in [0.1, 0.15) is 42.5 Å². The van der Waals surface area contributed by atoms with Crippen LogP contribution >= 0.6 is 0 Å². The Labute approximate surface area is 242 Å². The summed E-state index contributed by atoms with van der Waals surface area (Å²) in [6, 6.07) is 17.2. The Kier molecular flexibility index (Phi) is 12.0. The molecule has 1 aliphatic rings. The first-order chi connectivity index (χ1) is 20.1. The zero-order chi connectivity index (χ0) is 28.7. The number of amides is 1. The Bertz CT molecular complexity index is 1210. The van der Waals surface area contributed by atoms with Gasteiger partial charge in [0.05, 0.1) is 33.5 Å². The molecule has 1 saturated carbocycles. The van der Waals surface area contributed by atoms with Gasteiger partial charge in [0.1, 0.15) is 5.75 Å². The van der Waals surface area contributed by atoms with Crippen molar-refractivity contribution in [1.82, 2.24) is 20.3 Å². The van der Waals surface area contributed by atoms with E-state index in [4.69, 9.17) is 24.2 Å². The lowest BCUT2D eigenvalue weighted by molar-refractivity contribution is 0.0519. The van der Waals surface area contributed by atoms with E-state index in [1.807, 2.05) is 42.5 Å². The van der Waals surface area contributed by atoms with E-state index in [9.17, 15) is 4.79 Å². The summed E-state index contributed by atoms with van der Waals surface area (Å²) in [4.78, 5) is 28.2. The highest BCUT2D eigenvalue weighted by Crippen LogP contribution is 2.26. The molecule has 2 aromatic carbocycles. The van der Waals surface area contributed by atoms with Gasteiger partial charge in [0, 0.05) is 43.5 Å². The molecule has 11 heteroatoms. The highest BCUT2D eigenvalue weighted by atomic mass is 16.5. The molecule has 11 nitrogen and oxygen atoms in total. The number of nitrogens with one attached hydrogen (secondary N) is 3. The minimum atomic E-state index is -0.107. The Morgan fingerprint density at radius 1 is 0.878 bits per heavy atom. The SMILES string of the molecule is COc1cccc(Nc2nc(NCCOCCOCCNC(=O)c3ccccc3)nc(N(C)C3CCCCC3)n2)c1. The zero-order valence-electron chi connectivity index (χ0n) is 24.0. The molecule has 3 N–H and O–H groups in total. The van der Waals surface area contributed by atoms with Gasteiger partial charge in [-0.15, -0.1) is 0 Å². The molecule has 3 aromatic rings. The van der Waals surface area contributed by atoms with Crippen LogP contribution in [-0.2, 0) is 9.47 Å². The lowest BCUT2D eigenvalue weighted by atomic mass is 9.95. The third-order valence-electron chi connectivity index (χ3n) is 6.86. The molecule has 0 aliphatic heterocycles. The fourth-order valence-corrected chi connectivity index (χ4v) is 4.60. The molecule has 0 saturated heterocycles. The van der Waals surface area contributed by atoms with Gasteiger partial charge in [0.25, 0.3) is 5.91 Å². The summed E-state index contributed by atoms with van der Waals surface area (Å²) in [5.74, 6) is 2.22. The first-order valence-corrected chi connectivity index (χ1v) is 14.2. The molecular weight excluding hydrogens is 522 g/mol. The summed E-state index contributed by atoms with van der Waals surface area (Å²) >= 11 is 0. The smallest absolute Gasteiger partial charge is 0.251 e. The minimum Gasteiger partial charge on any atom is -0.497 e. The Hall–Kier alpha value is -3.96. The van der Waals surface area contributed by atoms with Crippen LogP contribution in [0, 0.1) is 0 Å². The molecule has 1 amide bonds. The van der Waals surface area contributed by atoms with Crippen molar-refractivity contribution in [2.45, 2.75) is 38.1 Å². The van der Waals surface area contributed by atoms with Gasteiger partial charge in [-0.1, -0.05) is 43.5 Å². The van der Waals surface area contributed by atoms with E-state index >= 15 is 0 Å². The van der Waals surface area contributed by atoms with Crippen molar-refractivity contribution in [2.24, 2.45) is 0 Å². The van der Waals surface area contributed by atoms with E-state index in [0.29, 0.717) is 69.0 Å². The van der Waals surface area contributed by atoms with Crippen molar-refractivity contribution in [3.05, 3.63) is 60.2 Å². The largest absolute Gasteiger partial charge is 0.497 e. The number of rotatable bonds is 16. The van der Waals surface area contributed by atoms with Crippen molar-refractivity contribution in [3.63, 3.8) is 0 Å². The molecule has 0 bridgehead atoms. The van der Waals surface area contributed by atoms with E-state index in [1.54, 1.807) is 19.2 Å². The molecule has 0 atom stereocenters. The van der Waals surface area contributed by atoms with Gasteiger partial charge in [-0.05, 0) is 37.1 Å². The number of ether oxygens (including phenoxy) is 3. The number of aromatic nitrogens is 3. The second-order valence-corrected chi connectivity index (χ2v) is 9.82. The number of nitrogens with zero attached hydrogens (tertiary/aromatic N) is 4. The quantitative estimate of drug-likeness (QED) is 0.218. The highest BCUT2D eigenvalue weighted by molar-refractivity contribution is 5.94. The van der Waals surface area contributed by atoms with Crippen LogP contribution in [0.25, 0.3) is 0 Å². The van der Waals surface area contributed by atoms with Gasteiger partial charge in [-0.25, -0.2) is 0 Å². The molecule has 0 radical (unpaired) electrons. The maximum atomic E-state index is 12.0. The standard InChI is InChI=1S/C30H41N7O4/c1-37(25-13-7-4-8-14-25)30-35-28(34-29(36-30)33-24-12-9-15-26(22-24)39-2)32-17-19-41-21-20-40-18-16-31-27(38)23-10-5-3-6-11-23/h3,5-6,9-12,15,22,25H,4,7-8,13-14,16-21H2,1-2H3,(H,31,38)(H2,32,33,34,35,36). The number of methoxy groups -OCH3 is 1. The Morgan fingerprint density at radius 3 is 2.37 bits per heavy atom. The average molecular weight is 564 g/mol. The summed E-state index contributed by atoms with van der Waals surface area (Å²) < 4.78 is 16.6. The van der Waals surface area contributed by atoms with Crippen LogP contribution in [0.5, 0.6) is 5.75 Å². The third kappa shape index (κ3) is 9.87. The van der Waals surface area contributed by atoms with E-state index in [0.717, 1.165) is 24.3 Å². The average Bonchev–Trinajstić information content (AvgIpc) is 3.02. The molecule has 1 aromatic heterocycles. The predicted octanol–water partition coefficient (Wildman–Crippen LogP) is 4.27. The molecule has 1 fully saturated rings. The van der Waals surface area contributed by atoms with Crippen LogP contribution in [0.15, 0.2) is 54.6 Å². The van der Waals surface area contributed by atoms with Gasteiger partial charge < -0.3 is 35.1 Å². The summed E-state index contributed by atoms with van der Waals surface area (Å²) in [6.45, 7) is 2.75. The first kappa shape index (κ1) is 30.0. The van der Waals surface area contributed by atoms with Crippen LogP contribution in [-0.4, -0.2) is 80.6 Å². The number of hydrogen-bond acceptors (Lipinski definition) is 10. The fourth-order valence-electron chi connectivity index (χ4n) is 4.60. The predicted molar refractivity (Wildman–Crippen MR) is 160 cm³/mol. The number of hydrogen-bond donors (Lipinski definition) is 3. The van der Waals surface area contributed by atoms with Crippen LogP contribution < -0.4 is 25.6 Å². The topological polar surface area (TPSA) is 123 Å². The normalized spacial score (nSPS) is 13.4. The van der Waals surface area contributed by atoms with Crippen molar-refractivity contribution >= 4 is 29.4 Å². The molecule has 1 aliphatic carbocycles. The third-order valence-corrected chi connectivity index (χ3v) is 6.86. The molecular formula is C30H41N7O4. The molecule has 1 heterocycles. The van der Waals surface area contributed by atoms with Crippen molar-refractivity contribution < 1.29 is 19.0 Å².